The third-order valence-corrected chi connectivity index (χ3v) is 5.31. The summed E-state index contributed by atoms with van der Waals surface area (Å²) >= 11 is 4.99. The SMILES string of the molecule is Nc1ccccc1S(=O)Cc1ccc(Br)s1. The number of anilines is 1. The van der Waals surface area contributed by atoms with E-state index in [1.165, 1.54) is 0 Å². The molecule has 0 fully saturated rings. The first-order chi connectivity index (χ1) is 7.66. The van der Waals surface area contributed by atoms with Crippen LogP contribution in [0.2, 0.25) is 0 Å². The molecule has 0 amide bonds. The monoisotopic (exact) mass is 315 g/mol. The highest BCUT2D eigenvalue weighted by Crippen LogP contribution is 2.25. The smallest absolute Gasteiger partial charge is 0.0701 e. The van der Waals surface area contributed by atoms with Crippen molar-refractivity contribution in [3.8, 4) is 0 Å². The van der Waals surface area contributed by atoms with E-state index in [1.807, 2.05) is 30.3 Å². The van der Waals surface area contributed by atoms with Crippen LogP contribution in [0.5, 0.6) is 0 Å². The zero-order valence-corrected chi connectivity index (χ0v) is 11.6. The molecule has 0 spiro atoms. The van der Waals surface area contributed by atoms with Crippen molar-refractivity contribution in [1.29, 1.82) is 0 Å². The molecule has 2 nitrogen and oxygen atoms in total. The third-order valence-electron chi connectivity index (χ3n) is 2.07. The summed E-state index contributed by atoms with van der Waals surface area (Å²) in [5, 5.41) is 0. The first-order valence-corrected chi connectivity index (χ1v) is 7.57. The Labute approximate surface area is 109 Å². The third kappa shape index (κ3) is 2.72. The Morgan fingerprint density at radius 2 is 2.00 bits per heavy atom. The number of thiophene rings is 1. The van der Waals surface area contributed by atoms with E-state index in [0.717, 1.165) is 8.66 Å². The predicted molar refractivity (Wildman–Crippen MR) is 73.0 cm³/mol. The molecule has 0 aliphatic carbocycles. The standard InChI is InChI=1S/C11H10BrNOS2/c12-11-6-5-8(15-11)7-16(14)10-4-2-1-3-9(10)13/h1-6H,7,13H2. The van der Waals surface area contributed by atoms with Gasteiger partial charge in [0.2, 0.25) is 0 Å². The fourth-order valence-corrected chi connectivity index (χ4v) is 4.23. The number of rotatable bonds is 3. The number of para-hydroxylation sites is 1. The van der Waals surface area contributed by atoms with Gasteiger partial charge in [0, 0.05) is 10.6 Å². The zero-order chi connectivity index (χ0) is 11.5. The van der Waals surface area contributed by atoms with Crippen molar-refractivity contribution in [1.82, 2.24) is 0 Å². The van der Waals surface area contributed by atoms with E-state index in [2.05, 4.69) is 15.9 Å². The number of halogens is 1. The molecule has 0 aliphatic rings. The van der Waals surface area contributed by atoms with Gasteiger partial charge >= 0.3 is 0 Å². The maximum Gasteiger partial charge on any atom is 0.0701 e. The van der Waals surface area contributed by atoms with Gasteiger partial charge in [-0.1, -0.05) is 12.1 Å². The van der Waals surface area contributed by atoms with E-state index >= 15 is 0 Å². The van der Waals surface area contributed by atoms with E-state index in [9.17, 15) is 4.21 Å². The topological polar surface area (TPSA) is 43.1 Å². The Morgan fingerprint density at radius 3 is 2.62 bits per heavy atom. The van der Waals surface area contributed by atoms with Gasteiger partial charge in [-0.3, -0.25) is 4.21 Å². The first kappa shape index (κ1) is 11.8. The minimum Gasteiger partial charge on any atom is -0.398 e. The fraction of sp³-hybridized carbons (Fsp3) is 0.0909. The number of hydrogen-bond donors (Lipinski definition) is 1. The highest BCUT2D eigenvalue weighted by atomic mass is 79.9. The van der Waals surface area contributed by atoms with Crippen molar-refractivity contribution in [3.05, 3.63) is 45.1 Å². The predicted octanol–water partition coefficient (Wildman–Crippen LogP) is 3.40. The number of benzene rings is 1. The lowest BCUT2D eigenvalue weighted by Gasteiger charge is -2.03. The highest BCUT2D eigenvalue weighted by molar-refractivity contribution is 9.11. The van der Waals surface area contributed by atoms with Crippen molar-refractivity contribution < 1.29 is 4.21 Å². The van der Waals surface area contributed by atoms with Gasteiger partial charge in [-0.15, -0.1) is 11.3 Å². The van der Waals surface area contributed by atoms with Gasteiger partial charge < -0.3 is 5.73 Å². The van der Waals surface area contributed by atoms with Gasteiger partial charge in [-0.05, 0) is 40.2 Å². The summed E-state index contributed by atoms with van der Waals surface area (Å²) in [6.45, 7) is 0. The Kier molecular flexibility index (Phi) is 3.78. The molecule has 16 heavy (non-hydrogen) atoms. The van der Waals surface area contributed by atoms with Gasteiger partial charge in [0.05, 0.1) is 25.2 Å². The second kappa shape index (κ2) is 5.12. The van der Waals surface area contributed by atoms with Gasteiger partial charge in [0.1, 0.15) is 0 Å². The van der Waals surface area contributed by atoms with E-state index in [4.69, 9.17) is 5.73 Å². The van der Waals surface area contributed by atoms with Crippen LogP contribution in [0.4, 0.5) is 5.69 Å². The summed E-state index contributed by atoms with van der Waals surface area (Å²) in [6.07, 6.45) is 0. The molecule has 2 rings (SSSR count). The molecular formula is C11H10BrNOS2. The van der Waals surface area contributed by atoms with Crippen LogP contribution in [-0.4, -0.2) is 4.21 Å². The number of nitrogens with two attached hydrogens (primary N) is 1. The summed E-state index contributed by atoms with van der Waals surface area (Å²) < 4.78 is 13.1. The maximum absolute atomic E-state index is 12.1. The molecule has 1 heterocycles. The molecule has 2 N–H and O–H groups in total. The Hall–Kier alpha value is -0.650. The van der Waals surface area contributed by atoms with Gasteiger partial charge in [-0.25, -0.2) is 0 Å². The number of hydrogen-bond acceptors (Lipinski definition) is 3. The first-order valence-electron chi connectivity index (χ1n) is 4.64. The molecule has 1 unspecified atom stereocenters. The number of nitrogen functional groups attached to an aromatic ring is 1. The molecule has 0 bridgehead atoms. The summed E-state index contributed by atoms with van der Waals surface area (Å²) in [5.41, 5.74) is 6.38. The maximum atomic E-state index is 12.1. The van der Waals surface area contributed by atoms with Crippen LogP contribution in [0.3, 0.4) is 0 Å². The molecule has 2 aromatic rings. The lowest BCUT2D eigenvalue weighted by atomic mass is 10.3. The van der Waals surface area contributed by atoms with E-state index in [-0.39, 0.29) is 0 Å². The quantitative estimate of drug-likeness (QED) is 0.882. The minimum atomic E-state index is -1.07. The van der Waals surface area contributed by atoms with Crippen molar-refractivity contribution in [2.75, 3.05) is 5.73 Å². The Balaban J connectivity index is 2.18. The van der Waals surface area contributed by atoms with Crippen LogP contribution < -0.4 is 5.73 Å². The lowest BCUT2D eigenvalue weighted by molar-refractivity contribution is 0.683. The average Bonchev–Trinajstić information content (AvgIpc) is 2.64. The van der Waals surface area contributed by atoms with Crippen LogP contribution >= 0.6 is 27.3 Å². The fourth-order valence-electron chi connectivity index (χ4n) is 1.32. The van der Waals surface area contributed by atoms with Crippen molar-refractivity contribution >= 4 is 43.8 Å². The Bertz CT molecular complexity index is 524. The zero-order valence-electron chi connectivity index (χ0n) is 8.35. The van der Waals surface area contributed by atoms with Crippen molar-refractivity contribution in [2.45, 2.75) is 10.6 Å². The van der Waals surface area contributed by atoms with Crippen LogP contribution in [-0.2, 0) is 16.6 Å². The van der Waals surface area contributed by atoms with Gasteiger partial charge in [-0.2, -0.15) is 0 Å². The summed E-state index contributed by atoms with van der Waals surface area (Å²) in [4.78, 5) is 1.81. The van der Waals surface area contributed by atoms with Gasteiger partial charge in [0.25, 0.3) is 0 Å². The van der Waals surface area contributed by atoms with Gasteiger partial charge in [0.15, 0.2) is 0 Å². The second-order valence-electron chi connectivity index (χ2n) is 3.23. The van der Waals surface area contributed by atoms with Crippen LogP contribution in [0.1, 0.15) is 4.88 Å². The molecule has 5 heteroatoms. The molecule has 1 aromatic heterocycles. The lowest BCUT2D eigenvalue weighted by Crippen LogP contribution is -1.99. The normalized spacial score (nSPS) is 12.6. The Morgan fingerprint density at radius 1 is 1.25 bits per heavy atom. The van der Waals surface area contributed by atoms with Crippen LogP contribution in [0.15, 0.2) is 45.1 Å². The molecule has 0 saturated carbocycles. The summed E-state index contributed by atoms with van der Waals surface area (Å²) in [6, 6.07) is 11.2. The van der Waals surface area contributed by atoms with Crippen molar-refractivity contribution in [3.63, 3.8) is 0 Å². The average molecular weight is 316 g/mol. The largest absolute Gasteiger partial charge is 0.398 e. The summed E-state index contributed by atoms with van der Waals surface area (Å²) in [5.74, 6) is 0.518. The van der Waals surface area contributed by atoms with E-state index < -0.39 is 10.8 Å². The molecule has 84 valence electrons. The molecule has 1 aromatic carbocycles. The second-order valence-corrected chi connectivity index (χ2v) is 7.20. The van der Waals surface area contributed by atoms with E-state index in [1.54, 1.807) is 17.4 Å². The molecule has 0 saturated heterocycles. The van der Waals surface area contributed by atoms with Crippen molar-refractivity contribution in [2.24, 2.45) is 0 Å². The van der Waals surface area contributed by atoms with E-state index in [0.29, 0.717) is 16.3 Å². The highest BCUT2D eigenvalue weighted by Gasteiger charge is 2.09. The molecule has 0 aliphatic heterocycles. The van der Waals surface area contributed by atoms with Crippen LogP contribution in [0, 0.1) is 0 Å². The molecule has 0 radical (unpaired) electrons. The van der Waals surface area contributed by atoms with Crippen LogP contribution in [0.25, 0.3) is 0 Å². The molecular weight excluding hydrogens is 306 g/mol. The molecule has 1 atom stereocenters. The minimum absolute atomic E-state index is 0.518. The summed E-state index contributed by atoms with van der Waals surface area (Å²) in [7, 11) is -1.07.